The summed E-state index contributed by atoms with van der Waals surface area (Å²) in [6.45, 7) is 6.00. The number of hydrogen-bond donors (Lipinski definition) is 1. The predicted octanol–water partition coefficient (Wildman–Crippen LogP) is 4.42. The summed E-state index contributed by atoms with van der Waals surface area (Å²) in [5.41, 5.74) is 5.01. The molecule has 3 rings (SSSR count). The Morgan fingerprint density at radius 3 is 2.74 bits per heavy atom. The molecule has 0 fully saturated rings. The van der Waals surface area contributed by atoms with Gasteiger partial charge >= 0.3 is 0 Å². The molecule has 0 saturated carbocycles. The van der Waals surface area contributed by atoms with Crippen molar-refractivity contribution in [2.45, 2.75) is 27.2 Å². The minimum atomic E-state index is -0.163. The van der Waals surface area contributed by atoms with Crippen molar-refractivity contribution in [3.8, 4) is 0 Å². The lowest BCUT2D eigenvalue weighted by molar-refractivity contribution is 0.102. The van der Waals surface area contributed by atoms with Crippen molar-refractivity contribution in [3.63, 3.8) is 0 Å². The molecule has 0 bridgehead atoms. The third-order valence-electron chi connectivity index (χ3n) is 3.84. The normalized spacial score (nSPS) is 11.0. The minimum absolute atomic E-state index is 0.163. The highest BCUT2D eigenvalue weighted by Gasteiger charge is 2.19. The first-order valence-corrected chi connectivity index (χ1v) is 7.92. The molecule has 0 atom stereocenters. The molecule has 5 heteroatoms. The standard InChI is InChI=1S/C18H18ClN3O/c1-4-14-17(22-8-7-13(19)10-16(22)20-14)18(23)21-15-6-5-11(2)9-12(15)3/h5-10H,4H2,1-3H3,(H,21,23). The second kappa shape index (κ2) is 6.05. The number of nitrogens with zero attached hydrogens (tertiary/aromatic N) is 2. The third-order valence-corrected chi connectivity index (χ3v) is 4.08. The van der Waals surface area contributed by atoms with Gasteiger partial charge in [-0.3, -0.25) is 9.20 Å². The molecule has 1 aromatic carbocycles. The van der Waals surface area contributed by atoms with Crippen LogP contribution >= 0.6 is 11.6 Å². The number of rotatable bonds is 3. The van der Waals surface area contributed by atoms with Gasteiger partial charge in [-0.1, -0.05) is 36.2 Å². The summed E-state index contributed by atoms with van der Waals surface area (Å²) in [5.74, 6) is -0.163. The molecule has 3 aromatic rings. The highest BCUT2D eigenvalue weighted by molar-refractivity contribution is 6.30. The smallest absolute Gasteiger partial charge is 0.274 e. The van der Waals surface area contributed by atoms with E-state index in [-0.39, 0.29) is 5.91 Å². The van der Waals surface area contributed by atoms with Gasteiger partial charge in [-0.15, -0.1) is 0 Å². The average molecular weight is 328 g/mol. The molecule has 1 N–H and O–H groups in total. The molecule has 0 aliphatic heterocycles. The van der Waals surface area contributed by atoms with Crippen molar-refractivity contribution in [1.29, 1.82) is 0 Å². The average Bonchev–Trinajstić information content (AvgIpc) is 2.87. The van der Waals surface area contributed by atoms with Crippen LogP contribution in [0.5, 0.6) is 0 Å². The molecular weight excluding hydrogens is 310 g/mol. The van der Waals surface area contributed by atoms with Gasteiger partial charge in [0, 0.05) is 23.0 Å². The highest BCUT2D eigenvalue weighted by atomic mass is 35.5. The monoisotopic (exact) mass is 327 g/mol. The van der Waals surface area contributed by atoms with Crippen LogP contribution in [0.1, 0.15) is 34.2 Å². The molecule has 2 aromatic heterocycles. The van der Waals surface area contributed by atoms with Crippen LogP contribution in [0.15, 0.2) is 36.5 Å². The Balaban J connectivity index is 2.03. The van der Waals surface area contributed by atoms with Crippen molar-refractivity contribution < 1.29 is 4.79 Å². The summed E-state index contributed by atoms with van der Waals surface area (Å²) in [6.07, 6.45) is 2.45. The molecular formula is C18H18ClN3O. The van der Waals surface area contributed by atoms with Crippen LogP contribution in [0.3, 0.4) is 0 Å². The van der Waals surface area contributed by atoms with Crippen molar-refractivity contribution in [2.24, 2.45) is 0 Å². The van der Waals surface area contributed by atoms with E-state index in [4.69, 9.17) is 11.6 Å². The van der Waals surface area contributed by atoms with Gasteiger partial charge in [-0.25, -0.2) is 4.98 Å². The number of imidazole rings is 1. The molecule has 2 heterocycles. The van der Waals surface area contributed by atoms with Crippen molar-refractivity contribution in [2.75, 3.05) is 5.32 Å². The van der Waals surface area contributed by atoms with Crippen molar-refractivity contribution >= 4 is 28.8 Å². The van der Waals surface area contributed by atoms with E-state index in [1.54, 1.807) is 22.7 Å². The molecule has 23 heavy (non-hydrogen) atoms. The van der Waals surface area contributed by atoms with Gasteiger partial charge in [-0.05, 0) is 38.0 Å². The number of benzene rings is 1. The van der Waals surface area contributed by atoms with E-state index in [1.807, 2.05) is 39.0 Å². The Kier molecular flexibility index (Phi) is 4.09. The number of fused-ring (bicyclic) bond motifs is 1. The van der Waals surface area contributed by atoms with E-state index in [0.717, 1.165) is 16.9 Å². The van der Waals surface area contributed by atoms with Crippen LogP contribution in [-0.4, -0.2) is 15.3 Å². The van der Waals surface area contributed by atoms with Gasteiger partial charge in [0.15, 0.2) is 0 Å². The second-order valence-electron chi connectivity index (χ2n) is 5.61. The molecule has 4 nitrogen and oxygen atoms in total. The second-order valence-corrected chi connectivity index (χ2v) is 6.04. The Morgan fingerprint density at radius 2 is 2.04 bits per heavy atom. The predicted molar refractivity (Wildman–Crippen MR) is 93.4 cm³/mol. The molecule has 0 aliphatic carbocycles. The minimum Gasteiger partial charge on any atom is -0.320 e. The van der Waals surface area contributed by atoms with Gasteiger partial charge in [0.05, 0.1) is 5.69 Å². The van der Waals surface area contributed by atoms with Crippen LogP contribution in [0.25, 0.3) is 5.65 Å². The van der Waals surface area contributed by atoms with Crippen LogP contribution in [-0.2, 0) is 6.42 Å². The lowest BCUT2D eigenvalue weighted by atomic mass is 10.1. The summed E-state index contributed by atoms with van der Waals surface area (Å²) < 4.78 is 1.78. The lowest BCUT2D eigenvalue weighted by Crippen LogP contribution is -2.17. The van der Waals surface area contributed by atoms with Crippen LogP contribution in [0.2, 0.25) is 5.02 Å². The van der Waals surface area contributed by atoms with Crippen LogP contribution in [0.4, 0.5) is 5.69 Å². The van der Waals surface area contributed by atoms with E-state index < -0.39 is 0 Å². The van der Waals surface area contributed by atoms with E-state index in [0.29, 0.717) is 22.8 Å². The first kappa shape index (κ1) is 15.6. The SMILES string of the molecule is CCc1nc2cc(Cl)ccn2c1C(=O)Nc1ccc(C)cc1C. The van der Waals surface area contributed by atoms with Crippen LogP contribution < -0.4 is 5.32 Å². The Morgan fingerprint density at radius 1 is 1.26 bits per heavy atom. The number of aromatic nitrogens is 2. The van der Waals surface area contributed by atoms with E-state index in [2.05, 4.69) is 10.3 Å². The number of pyridine rings is 1. The summed E-state index contributed by atoms with van der Waals surface area (Å²) >= 11 is 6.01. The number of carbonyl (C=O) groups is 1. The zero-order chi connectivity index (χ0) is 16.6. The highest BCUT2D eigenvalue weighted by Crippen LogP contribution is 2.21. The van der Waals surface area contributed by atoms with Crippen LogP contribution in [0, 0.1) is 13.8 Å². The van der Waals surface area contributed by atoms with E-state index >= 15 is 0 Å². The zero-order valence-corrected chi connectivity index (χ0v) is 14.1. The van der Waals surface area contributed by atoms with Gasteiger partial charge in [0.1, 0.15) is 11.3 Å². The lowest BCUT2D eigenvalue weighted by Gasteiger charge is -2.10. The summed E-state index contributed by atoms with van der Waals surface area (Å²) in [7, 11) is 0. The maximum Gasteiger partial charge on any atom is 0.274 e. The quantitative estimate of drug-likeness (QED) is 0.774. The summed E-state index contributed by atoms with van der Waals surface area (Å²) in [4.78, 5) is 17.3. The van der Waals surface area contributed by atoms with Gasteiger partial charge < -0.3 is 5.32 Å². The fourth-order valence-corrected chi connectivity index (χ4v) is 2.84. The third kappa shape index (κ3) is 2.94. The molecule has 0 spiro atoms. The maximum atomic E-state index is 12.8. The Labute approximate surface area is 140 Å². The number of aryl methyl sites for hydroxylation is 3. The summed E-state index contributed by atoms with van der Waals surface area (Å²) in [5, 5.41) is 3.59. The van der Waals surface area contributed by atoms with E-state index in [1.165, 1.54) is 5.56 Å². The van der Waals surface area contributed by atoms with Crippen molar-refractivity contribution in [1.82, 2.24) is 9.38 Å². The van der Waals surface area contributed by atoms with Gasteiger partial charge in [0.2, 0.25) is 0 Å². The topological polar surface area (TPSA) is 46.4 Å². The molecule has 118 valence electrons. The fraction of sp³-hybridized carbons (Fsp3) is 0.222. The number of hydrogen-bond acceptors (Lipinski definition) is 2. The van der Waals surface area contributed by atoms with Gasteiger partial charge in [-0.2, -0.15) is 0 Å². The maximum absolute atomic E-state index is 12.8. The molecule has 0 saturated heterocycles. The molecule has 0 aliphatic rings. The van der Waals surface area contributed by atoms with Crippen molar-refractivity contribution in [3.05, 3.63) is 64.1 Å². The Bertz CT molecular complexity index is 899. The van der Waals surface area contributed by atoms with Gasteiger partial charge in [0.25, 0.3) is 5.91 Å². The largest absolute Gasteiger partial charge is 0.320 e. The molecule has 0 unspecified atom stereocenters. The first-order valence-electron chi connectivity index (χ1n) is 7.54. The Hall–Kier alpha value is -2.33. The molecule has 0 radical (unpaired) electrons. The number of halogens is 1. The summed E-state index contributed by atoms with van der Waals surface area (Å²) in [6, 6.07) is 9.47. The number of nitrogens with one attached hydrogen (secondary N) is 1. The first-order chi connectivity index (χ1) is 11.0. The fourth-order valence-electron chi connectivity index (χ4n) is 2.69. The number of amides is 1. The van der Waals surface area contributed by atoms with E-state index in [9.17, 15) is 4.79 Å². The molecule has 1 amide bonds. The zero-order valence-electron chi connectivity index (χ0n) is 13.4. The number of carbonyl (C=O) groups excluding carboxylic acids is 1. The number of anilines is 1.